The SMILES string of the molecule is CN(CC(O)CO)C1CCCC1CN. The zero-order valence-corrected chi connectivity index (χ0v) is 8.89. The normalized spacial score (nSPS) is 29.8. The van der Waals surface area contributed by atoms with E-state index in [1.54, 1.807) is 0 Å². The maximum absolute atomic E-state index is 9.32. The second-order valence-electron chi connectivity index (χ2n) is 4.27. The summed E-state index contributed by atoms with van der Waals surface area (Å²) in [5.74, 6) is 0.561. The van der Waals surface area contributed by atoms with Crippen molar-refractivity contribution in [2.75, 3.05) is 26.7 Å². The molecule has 1 rings (SSSR count). The van der Waals surface area contributed by atoms with Gasteiger partial charge in [0.25, 0.3) is 0 Å². The van der Waals surface area contributed by atoms with Crippen LogP contribution in [0.2, 0.25) is 0 Å². The van der Waals surface area contributed by atoms with Gasteiger partial charge in [-0.05, 0) is 32.4 Å². The maximum Gasteiger partial charge on any atom is 0.0897 e. The van der Waals surface area contributed by atoms with Gasteiger partial charge in [-0.25, -0.2) is 0 Å². The smallest absolute Gasteiger partial charge is 0.0897 e. The summed E-state index contributed by atoms with van der Waals surface area (Å²) < 4.78 is 0. The molecule has 0 amide bonds. The van der Waals surface area contributed by atoms with Crippen molar-refractivity contribution in [2.45, 2.75) is 31.4 Å². The Hall–Kier alpha value is -0.160. The molecular weight excluding hydrogens is 180 g/mol. The second kappa shape index (κ2) is 5.66. The van der Waals surface area contributed by atoms with E-state index in [2.05, 4.69) is 4.90 Å². The van der Waals surface area contributed by atoms with E-state index in [1.807, 2.05) is 7.05 Å². The molecule has 1 aliphatic carbocycles. The van der Waals surface area contributed by atoms with Gasteiger partial charge in [0, 0.05) is 12.6 Å². The highest BCUT2D eigenvalue weighted by atomic mass is 16.3. The van der Waals surface area contributed by atoms with Crippen molar-refractivity contribution in [3.8, 4) is 0 Å². The molecule has 0 bridgehead atoms. The lowest BCUT2D eigenvalue weighted by Gasteiger charge is -2.30. The zero-order valence-electron chi connectivity index (χ0n) is 8.89. The third-order valence-electron chi connectivity index (χ3n) is 3.20. The molecule has 14 heavy (non-hydrogen) atoms. The van der Waals surface area contributed by atoms with E-state index in [0.29, 0.717) is 18.5 Å². The Morgan fingerprint density at radius 2 is 2.21 bits per heavy atom. The molecule has 0 saturated heterocycles. The first-order chi connectivity index (χ1) is 6.69. The van der Waals surface area contributed by atoms with E-state index in [1.165, 1.54) is 12.8 Å². The highest BCUT2D eigenvalue weighted by Crippen LogP contribution is 2.28. The Morgan fingerprint density at radius 3 is 2.79 bits per heavy atom. The quantitative estimate of drug-likeness (QED) is 0.557. The Kier molecular flexibility index (Phi) is 4.81. The van der Waals surface area contributed by atoms with Crippen molar-refractivity contribution < 1.29 is 10.2 Å². The molecule has 0 aromatic rings. The summed E-state index contributed by atoms with van der Waals surface area (Å²) in [5.41, 5.74) is 5.69. The van der Waals surface area contributed by atoms with Crippen LogP contribution in [-0.4, -0.2) is 54.0 Å². The van der Waals surface area contributed by atoms with Crippen LogP contribution in [0.25, 0.3) is 0 Å². The zero-order chi connectivity index (χ0) is 10.6. The number of aliphatic hydroxyl groups excluding tert-OH is 2. The van der Waals surface area contributed by atoms with Crippen LogP contribution in [0.4, 0.5) is 0 Å². The molecule has 0 aromatic heterocycles. The molecule has 0 aromatic carbocycles. The lowest BCUT2D eigenvalue weighted by atomic mass is 10.0. The van der Waals surface area contributed by atoms with Crippen LogP contribution >= 0.6 is 0 Å². The Balaban J connectivity index is 2.38. The minimum atomic E-state index is -0.626. The average Bonchev–Trinajstić information content (AvgIpc) is 2.65. The van der Waals surface area contributed by atoms with Gasteiger partial charge in [-0.2, -0.15) is 0 Å². The van der Waals surface area contributed by atoms with E-state index in [-0.39, 0.29) is 6.61 Å². The minimum absolute atomic E-state index is 0.162. The fourth-order valence-corrected chi connectivity index (χ4v) is 2.40. The van der Waals surface area contributed by atoms with Crippen LogP contribution in [-0.2, 0) is 0 Å². The van der Waals surface area contributed by atoms with E-state index < -0.39 is 6.10 Å². The third-order valence-corrected chi connectivity index (χ3v) is 3.20. The molecular formula is C10H22N2O2. The fourth-order valence-electron chi connectivity index (χ4n) is 2.40. The van der Waals surface area contributed by atoms with E-state index in [9.17, 15) is 5.11 Å². The molecule has 84 valence electrons. The van der Waals surface area contributed by atoms with Gasteiger partial charge in [0.1, 0.15) is 0 Å². The molecule has 0 spiro atoms. The number of nitrogens with two attached hydrogens (primary N) is 1. The summed E-state index contributed by atoms with van der Waals surface area (Å²) in [5, 5.41) is 18.1. The predicted octanol–water partition coefficient (Wildman–Crippen LogP) is -0.601. The topological polar surface area (TPSA) is 69.7 Å². The van der Waals surface area contributed by atoms with Gasteiger partial charge in [-0.1, -0.05) is 6.42 Å². The summed E-state index contributed by atoms with van der Waals surface area (Å²) >= 11 is 0. The fraction of sp³-hybridized carbons (Fsp3) is 1.00. The van der Waals surface area contributed by atoms with Gasteiger partial charge in [0.15, 0.2) is 0 Å². The molecule has 3 unspecified atom stereocenters. The van der Waals surface area contributed by atoms with Gasteiger partial charge in [0.2, 0.25) is 0 Å². The summed E-state index contributed by atoms with van der Waals surface area (Å²) in [6.07, 6.45) is 2.96. The summed E-state index contributed by atoms with van der Waals surface area (Å²) in [6.45, 7) is 1.10. The summed E-state index contributed by atoms with van der Waals surface area (Å²) in [6, 6.07) is 0.487. The number of nitrogens with zero attached hydrogens (tertiary/aromatic N) is 1. The molecule has 3 atom stereocenters. The summed E-state index contributed by atoms with van der Waals surface area (Å²) in [7, 11) is 2.00. The standard InChI is InChI=1S/C10H22N2O2/c1-12(6-9(14)7-13)10-4-2-3-8(10)5-11/h8-10,13-14H,2-7,11H2,1H3. The molecule has 1 aliphatic rings. The van der Waals surface area contributed by atoms with Gasteiger partial charge in [0.05, 0.1) is 12.7 Å². The predicted molar refractivity (Wildman–Crippen MR) is 55.9 cm³/mol. The molecule has 1 saturated carbocycles. The highest BCUT2D eigenvalue weighted by molar-refractivity contribution is 4.85. The van der Waals surface area contributed by atoms with Crippen LogP contribution in [0.1, 0.15) is 19.3 Å². The van der Waals surface area contributed by atoms with Gasteiger partial charge in [-0.3, -0.25) is 0 Å². The Bertz CT molecular complexity index is 166. The van der Waals surface area contributed by atoms with Crippen molar-refractivity contribution >= 4 is 0 Å². The molecule has 4 heteroatoms. The van der Waals surface area contributed by atoms with Crippen molar-refractivity contribution in [2.24, 2.45) is 11.7 Å². The van der Waals surface area contributed by atoms with Crippen molar-refractivity contribution in [3.63, 3.8) is 0 Å². The number of likely N-dealkylation sites (N-methyl/N-ethyl adjacent to an activating group) is 1. The first kappa shape index (κ1) is 11.9. The van der Waals surface area contributed by atoms with Crippen LogP contribution in [0.3, 0.4) is 0 Å². The average molecular weight is 202 g/mol. The molecule has 0 aliphatic heterocycles. The van der Waals surface area contributed by atoms with Crippen LogP contribution in [0.5, 0.6) is 0 Å². The Labute approximate surface area is 85.7 Å². The van der Waals surface area contributed by atoms with Crippen LogP contribution in [0.15, 0.2) is 0 Å². The molecule has 4 N–H and O–H groups in total. The first-order valence-corrected chi connectivity index (χ1v) is 5.38. The minimum Gasteiger partial charge on any atom is -0.394 e. The molecule has 1 fully saturated rings. The second-order valence-corrected chi connectivity index (χ2v) is 4.27. The molecule has 4 nitrogen and oxygen atoms in total. The molecule has 0 heterocycles. The highest BCUT2D eigenvalue weighted by Gasteiger charge is 2.29. The lowest BCUT2D eigenvalue weighted by molar-refractivity contribution is 0.0489. The Morgan fingerprint density at radius 1 is 1.50 bits per heavy atom. The van der Waals surface area contributed by atoms with Crippen molar-refractivity contribution in [3.05, 3.63) is 0 Å². The largest absolute Gasteiger partial charge is 0.394 e. The maximum atomic E-state index is 9.32. The molecule has 0 radical (unpaired) electrons. The van der Waals surface area contributed by atoms with Gasteiger partial charge in [-0.15, -0.1) is 0 Å². The number of rotatable bonds is 5. The van der Waals surface area contributed by atoms with Gasteiger partial charge >= 0.3 is 0 Å². The van der Waals surface area contributed by atoms with E-state index in [0.717, 1.165) is 13.0 Å². The lowest BCUT2D eigenvalue weighted by Crippen LogP contribution is -2.42. The van der Waals surface area contributed by atoms with Gasteiger partial charge < -0.3 is 20.8 Å². The monoisotopic (exact) mass is 202 g/mol. The van der Waals surface area contributed by atoms with E-state index >= 15 is 0 Å². The van der Waals surface area contributed by atoms with Crippen molar-refractivity contribution in [1.29, 1.82) is 0 Å². The number of hydrogen-bond acceptors (Lipinski definition) is 4. The number of aliphatic hydroxyl groups is 2. The van der Waals surface area contributed by atoms with Crippen molar-refractivity contribution in [1.82, 2.24) is 4.90 Å². The van der Waals surface area contributed by atoms with Crippen LogP contribution < -0.4 is 5.73 Å². The number of hydrogen-bond donors (Lipinski definition) is 3. The third kappa shape index (κ3) is 2.92. The first-order valence-electron chi connectivity index (χ1n) is 5.38. The van der Waals surface area contributed by atoms with Crippen LogP contribution in [0, 0.1) is 5.92 Å². The van der Waals surface area contributed by atoms with E-state index in [4.69, 9.17) is 10.8 Å². The summed E-state index contributed by atoms with van der Waals surface area (Å²) in [4.78, 5) is 2.13.